The molecule has 1 aromatic carbocycles. The third kappa shape index (κ3) is 3.04. The van der Waals surface area contributed by atoms with E-state index in [1.54, 1.807) is 12.1 Å². The quantitative estimate of drug-likeness (QED) is 0.811. The Morgan fingerprint density at radius 2 is 1.94 bits per heavy atom. The summed E-state index contributed by atoms with van der Waals surface area (Å²) in [5.74, 6) is 0.765. The minimum Gasteiger partial charge on any atom is -0.484 e. The first-order valence-electron chi connectivity index (χ1n) is 4.76. The maximum absolute atomic E-state index is 11.1. The van der Waals surface area contributed by atoms with E-state index in [0.29, 0.717) is 5.75 Å². The Morgan fingerprint density at radius 3 is 2.53 bits per heavy atom. The molecule has 0 unspecified atom stereocenters. The minimum atomic E-state index is -3.46. The highest BCUT2D eigenvalue weighted by Crippen LogP contribution is 2.12. The summed E-state index contributed by atoms with van der Waals surface area (Å²) in [4.78, 5) is 0. The van der Waals surface area contributed by atoms with Gasteiger partial charge in [-0.05, 0) is 12.1 Å². The number of hydrogen-bond donors (Lipinski definition) is 0. The van der Waals surface area contributed by atoms with Crippen LogP contribution in [-0.2, 0) is 16.4 Å². The van der Waals surface area contributed by atoms with Crippen LogP contribution in [0, 0.1) is 0 Å². The summed E-state index contributed by atoms with van der Waals surface area (Å²) in [5, 5.41) is 6.59. The van der Waals surface area contributed by atoms with E-state index in [-0.39, 0.29) is 12.5 Å². The van der Waals surface area contributed by atoms with Gasteiger partial charge >= 0.3 is 5.22 Å². The standard InChI is InChI=1S/C10H10N2O4S/c1-17(13,14)10-12-11-9(16-10)7-15-8-5-3-2-4-6-8/h2-6H,7H2,1H3. The van der Waals surface area contributed by atoms with Gasteiger partial charge in [-0.3, -0.25) is 0 Å². The molecule has 0 atom stereocenters. The molecule has 2 rings (SSSR count). The lowest BCUT2D eigenvalue weighted by Gasteiger charge is -2.01. The molecule has 1 aromatic heterocycles. The SMILES string of the molecule is CS(=O)(=O)c1nnc(COc2ccccc2)o1. The Labute approximate surface area is 98.2 Å². The highest BCUT2D eigenvalue weighted by atomic mass is 32.2. The molecule has 0 saturated carbocycles. The fourth-order valence-corrected chi connectivity index (χ4v) is 1.54. The predicted octanol–water partition coefficient (Wildman–Crippen LogP) is 1.05. The van der Waals surface area contributed by atoms with Crippen LogP contribution in [0.2, 0.25) is 0 Å². The Morgan fingerprint density at radius 1 is 1.24 bits per heavy atom. The van der Waals surface area contributed by atoms with E-state index in [2.05, 4.69) is 10.2 Å². The average Bonchev–Trinajstić information content (AvgIpc) is 2.76. The van der Waals surface area contributed by atoms with Crippen LogP contribution in [0.25, 0.3) is 0 Å². The second kappa shape index (κ2) is 4.54. The van der Waals surface area contributed by atoms with Crippen molar-refractivity contribution in [3.8, 4) is 5.75 Å². The smallest absolute Gasteiger partial charge is 0.335 e. The fraction of sp³-hybridized carbons (Fsp3) is 0.200. The number of hydrogen-bond acceptors (Lipinski definition) is 6. The number of nitrogens with zero attached hydrogens (tertiary/aromatic N) is 2. The zero-order valence-corrected chi connectivity index (χ0v) is 9.85. The number of sulfone groups is 1. The largest absolute Gasteiger partial charge is 0.484 e. The Kier molecular flexibility index (Phi) is 3.10. The molecule has 6 nitrogen and oxygen atoms in total. The molecule has 0 spiro atoms. The number of rotatable bonds is 4. The molecule has 0 aliphatic carbocycles. The van der Waals surface area contributed by atoms with Crippen LogP contribution < -0.4 is 4.74 Å². The topological polar surface area (TPSA) is 82.3 Å². The Balaban J connectivity index is 2.04. The van der Waals surface area contributed by atoms with Crippen molar-refractivity contribution in [3.05, 3.63) is 36.2 Å². The lowest BCUT2D eigenvalue weighted by Crippen LogP contribution is -1.96. The van der Waals surface area contributed by atoms with Crippen LogP contribution in [0.15, 0.2) is 40.0 Å². The lowest BCUT2D eigenvalue weighted by molar-refractivity contribution is 0.250. The van der Waals surface area contributed by atoms with Gasteiger partial charge in [0.25, 0.3) is 5.89 Å². The van der Waals surface area contributed by atoms with E-state index in [4.69, 9.17) is 9.15 Å². The van der Waals surface area contributed by atoms with Crippen LogP contribution in [0.5, 0.6) is 5.75 Å². The first-order valence-corrected chi connectivity index (χ1v) is 6.65. The summed E-state index contributed by atoms with van der Waals surface area (Å²) in [6, 6.07) is 9.05. The molecule has 0 aliphatic heterocycles. The summed E-state index contributed by atoms with van der Waals surface area (Å²) in [6.07, 6.45) is 1.00. The average molecular weight is 254 g/mol. The number of aromatic nitrogens is 2. The highest BCUT2D eigenvalue weighted by Gasteiger charge is 2.16. The van der Waals surface area contributed by atoms with Gasteiger partial charge in [-0.2, -0.15) is 0 Å². The Bertz CT molecular complexity index is 592. The van der Waals surface area contributed by atoms with Crippen LogP contribution in [0.3, 0.4) is 0 Å². The van der Waals surface area contributed by atoms with Crippen molar-refractivity contribution in [1.82, 2.24) is 10.2 Å². The summed E-state index contributed by atoms with van der Waals surface area (Å²) >= 11 is 0. The number of ether oxygens (including phenoxy) is 1. The van der Waals surface area contributed by atoms with E-state index in [1.807, 2.05) is 18.2 Å². The zero-order valence-electron chi connectivity index (χ0n) is 9.03. The molecular weight excluding hydrogens is 244 g/mol. The lowest BCUT2D eigenvalue weighted by atomic mass is 10.3. The highest BCUT2D eigenvalue weighted by molar-refractivity contribution is 7.90. The van der Waals surface area contributed by atoms with Crippen molar-refractivity contribution >= 4 is 9.84 Å². The maximum atomic E-state index is 11.1. The molecule has 17 heavy (non-hydrogen) atoms. The van der Waals surface area contributed by atoms with Gasteiger partial charge in [0.05, 0.1) is 0 Å². The molecule has 0 amide bonds. The van der Waals surface area contributed by atoms with Crippen molar-refractivity contribution in [2.75, 3.05) is 6.26 Å². The monoisotopic (exact) mass is 254 g/mol. The van der Waals surface area contributed by atoms with Crippen LogP contribution in [0.4, 0.5) is 0 Å². The summed E-state index contributed by atoms with van der Waals surface area (Å²) in [6.45, 7) is 0.0343. The second-order valence-electron chi connectivity index (χ2n) is 3.34. The van der Waals surface area contributed by atoms with Crippen LogP contribution in [0.1, 0.15) is 5.89 Å². The first-order chi connectivity index (χ1) is 8.05. The van der Waals surface area contributed by atoms with Crippen LogP contribution >= 0.6 is 0 Å². The van der Waals surface area contributed by atoms with E-state index in [9.17, 15) is 8.42 Å². The molecule has 90 valence electrons. The van der Waals surface area contributed by atoms with Gasteiger partial charge < -0.3 is 9.15 Å². The third-order valence-electron chi connectivity index (χ3n) is 1.87. The van der Waals surface area contributed by atoms with Crippen molar-refractivity contribution in [1.29, 1.82) is 0 Å². The van der Waals surface area contributed by atoms with Gasteiger partial charge in [-0.1, -0.05) is 23.3 Å². The normalized spacial score (nSPS) is 11.4. The molecule has 0 N–H and O–H groups in total. The molecule has 1 heterocycles. The second-order valence-corrected chi connectivity index (χ2v) is 5.23. The first kappa shape index (κ1) is 11.6. The summed E-state index contributed by atoms with van der Waals surface area (Å²) in [5.41, 5.74) is 0. The van der Waals surface area contributed by atoms with Gasteiger partial charge in [-0.25, -0.2) is 8.42 Å². The van der Waals surface area contributed by atoms with E-state index < -0.39 is 15.1 Å². The van der Waals surface area contributed by atoms with Gasteiger partial charge in [0.15, 0.2) is 6.61 Å². The summed E-state index contributed by atoms with van der Waals surface area (Å²) in [7, 11) is -3.46. The van der Waals surface area contributed by atoms with Crippen molar-refractivity contribution in [2.24, 2.45) is 0 Å². The predicted molar refractivity (Wildman–Crippen MR) is 58.2 cm³/mol. The molecule has 7 heteroatoms. The fourth-order valence-electron chi connectivity index (χ4n) is 1.11. The molecule has 0 bridgehead atoms. The molecule has 0 saturated heterocycles. The van der Waals surface area contributed by atoms with E-state index in [1.165, 1.54) is 0 Å². The third-order valence-corrected chi connectivity index (χ3v) is 2.67. The Hall–Kier alpha value is -1.89. The number of benzene rings is 1. The van der Waals surface area contributed by atoms with Crippen molar-refractivity contribution < 1.29 is 17.6 Å². The molecular formula is C10H10N2O4S. The van der Waals surface area contributed by atoms with E-state index in [0.717, 1.165) is 6.26 Å². The van der Waals surface area contributed by atoms with Crippen molar-refractivity contribution in [3.63, 3.8) is 0 Å². The molecule has 2 aromatic rings. The van der Waals surface area contributed by atoms with Gasteiger partial charge in [-0.15, -0.1) is 5.10 Å². The summed E-state index contributed by atoms with van der Waals surface area (Å²) < 4.78 is 32.4. The van der Waals surface area contributed by atoms with Crippen LogP contribution in [-0.4, -0.2) is 24.9 Å². The van der Waals surface area contributed by atoms with Crippen molar-refractivity contribution in [2.45, 2.75) is 11.8 Å². The van der Waals surface area contributed by atoms with Gasteiger partial charge in [0, 0.05) is 6.26 Å². The maximum Gasteiger partial charge on any atom is 0.335 e. The zero-order chi connectivity index (χ0) is 12.3. The van der Waals surface area contributed by atoms with Gasteiger partial charge in [0.2, 0.25) is 9.84 Å². The molecule has 0 radical (unpaired) electrons. The minimum absolute atomic E-state index is 0.0343. The van der Waals surface area contributed by atoms with Gasteiger partial charge in [0.1, 0.15) is 5.75 Å². The molecule has 0 fully saturated rings. The van der Waals surface area contributed by atoms with E-state index >= 15 is 0 Å². The molecule has 0 aliphatic rings. The number of para-hydroxylation sites is 1.